The Balaban J connectivity index is 2.33. The minimum Gasteiger partial charge on any atom is -0.329 e. The molecule has 0 aliphatic heterocycles. The van der Waals surface area contributed by atoms with Crippen molar-refractivity contribution in [2.45, 2.75) is 6.92 Å². The van der Waals surface area contributed by atoms with Gasteiger partial charge in [0.25, 0.3) is 5.91 Å². The van der Waals surface area contributed by atoms with Gasteiger partial charge >= 0.3 is 0 Å². The van der Waals surface area contributed by atoms with Crippen molar-refractivity contribution in [3.05, 3.63) is 51.8 Å². The highest BCUT2D eigenvalue weighted by Gasteiger charge is 2.17. The van der Waals surface area contributed by atoms with Crippen LogP contribution in [0.25, 0.3) is 0 Å². The third-order valence-electron chi connectivity index (χ3n) is 2.90. The van der Waals surface area contributed by atoms with Crippen LogP contribution < -0.4 is 5.32 Å². The molecule has 104 valence electrons. The van der Waals surface area contributed by atoms with Crippen molar-refractivity contribution in [2.75, 3.05) is 5.32 Å². The number of amides is 1. The smallest absolute Gasteiger partial charge is 0.272 e. The molecule has 1 heterocycles. The fourth-order valence-corrected chi connectivity index (χ4v) is 2.22. The first-order chi connectivity index (χ1) is 9.41. The SMILES string of the molecule is CC(=O)c1ccccc1NC(=O)c1cc(Cl)c(Cl)n1C. The predicted octanol–water partition coefficient (Wildman–Crippen LogP) is 3.79. The Hall–Kier alpha value is -1.78. The van der Waals surface area contributed by atoms with E-state index in [1.54, 1.807) is 31.3 Å². The number of anilines is 1. The number of nitrogens with one attached hydrogen (secondary N) is 1. The topological polar surface area (TPSA) is 51.1 Å². The van der Waals surface area contributed by atoms with E-state index >= 15 is 0 Å². The van der Waals surface area contributed by atoms with Crippen LogP contribution in [0.15, 0.2) is 30.3 Å². The molecule has 0 aliphatic rings. The summed E-state index contributed by atoms with van der Waals surface area (Å²) >= 11 is 11.8. The van der Waals surface area contributed by atoms with Crippen LogP contribution in [0.5, 0.6) is 0 Å². The predicted molar refractivity (Wildman–Crippen MR) is 79.8 cm³/mol. The molecule has 0 spiro atoms. The van der Waals surface area contributed by atoms with Crippen LogP contribution in [-0.2, 0) is 7.05 Å². The molecule has 1 N–H and O–H groups in total. The van der Waals surface area contributed by atoms with E-state index in [1.807, 2.05) is 0 Å². The number of Topliss-reactive ketones (excluding diaryl/α,β-unsaturated/α-hetero) is 1. The molecule has 2 rings (SSSR count). The molecule has 2 aromatic rings. The molecule has 0 saturated carbocycles. The summed E-state index contributed by atoms with van der Waals surface area (Å²) in [5.74, 6) is -0.501. The molecule has 0 radical (unpaired) electrons. The number of ketones is 1. The van der Waals surface area contributed by atoms with Crippen LogP contribution >= 0.6 is 23.2 Å². The highest BCUT2D eigenvalue weighted by Crippen LogP contribution is 2.26. The lowest BCUT2D eigenvalue weighted by atomic mass is 10.1. The maximum Gasteiger partial charge on any atom is 0.272 e. The minimum atomic E-state index is -0.380. The fourth-order valence-electron chi connectivity index (χ4n) is 1.85. The molecule has 0 aliphatic carbocycles. The van der Waals surface area contributed by atoms with Crippen LogP contribution in [0.2, 0.25) is 10.2 Å². The second-order valence-electron chi connectivity index (χ2n) is 4.28. The van der Waals surface area contributed by atoms with Gasteiger partial charge in [0.05, 0.1) is 10.7 Å². The van der Waals surface area contributed by atoms with Crippen LogP contribution in [0, 0.1) is 0 Å². The number of carbonyl (C=O) groups is 2. The zero-order chi connectivity index (χ0) is 14.9. The Morgan fingerprint density at radius 1 is 1.20 bits per heavy atom. The maximum atomic E-state index is 12.2. The number of carbonyl (C=O) groups excluding carboxylic acids is 2. The van der Waals surface area contributed by atoms with Crippen LogP contribution in [0.3, 0.4) is 0 Å². The van der Waals surface area contributed by atoms with Crippen molar-refractivity contribution in [1.29, 1.82) is 0 Å². The number of benzene rings is 1. The quantitative estimate of drug-likeness (QED) is 0.877. The molecule has 0 saturated heterocycles. The van der Waals surface area contributed by atoms with Gasteiger partial charge in [0.2, 0.25) is 0 Å². The van der Waals surface area contributed by atoms with Gasteiger partial charge in [0.15, 0.2) is 5.78 Å². The van der Waals surface area contributed by atoms with Crippen molar-refractivity contribution >= 4 is 40.6 Å². The van der Waals surface area contributed by atoms with E-state index in [2.05, 4.69) is 5.32 Å². The van der Waals surface area contributed by atoms with E-state index in [9.17, 15) is 9.59 Å². The van der Waals surface area contributed by atoms with Gasteiger partial charge < -0.3 is 9.88 Å². The van der Waals surface area contributed by atoms with Gasteiger partial charge in [-0.3, -0.25) is 9.59 Å². The summed E-state index contributed by atoms with van der Waals surface area (Å²) in [7, 11) is 1.64. The number of rotatable bonds is 3. The second kappa shape index (κ2) is 5.69. The Morgan fingerprint density at radius 2 is 1.85 bits per heavy atom. The number of hydrogen-bond acceptors (Lipinski definition) is 2. The Kier molecular flexibility index (Phi) is 4.16. The molecule has 4 nitrogen and oxygen atoms in total. The van der Waals surface area contributed by atoms with Gasteiger partial charge in [-0.1, -0.05) is 35.3 Å². The molecule has 0 fully saturated rings. The molecule has 0 unspecified atom stereocenters. The Morgan fingerprint density at radius 3 is 2.40 bits per heavy atom. The van der Waals surface area contributed by atoms with Gasteiger partial charge in [0.1, 0.15) is 10.8 Å². The van der Waals surface area contributed by atoms with Crippen LogP contribution in [0.4, 0.5) is 5.69 Å². The molecule has 0 bridgehead atoms. The van der Waals surface area contributed by atoms with Crippen LogP contribution in [0.1, 0.15) is 27.8 Å². The average molecular weight is 311 g/mol. The van der Waals surface area contributed by atoms with Crippen molar-refractivity contribution in [3.63, 3.8) is 0 Å². The zero-order valence-electron chi connectivity index (χ0n) is 10.9. The first-order valence-corrected chi connectivity index (χ1v) is 6.59. The van der Waals surface area contributed by atoms with Gasteiger partial charge in [-0.05, 0) is 25.1 Å². The van der Waals surface area contributed by atoms with Crippen molar-refractivity contribution in [3.8, 4) is 0 Å². The van der Waals surface area contributed by atoms with E-state index < -0.39 is 0 Å². The second-order valence-corrected chi connectivity index (χ2v) is 5.05. The largest absolute Gasteiger partial charge is 0.329 e. The summed E-state index contributed by atoms with van der Waals surface area (Å²) in [5, 5.41) is 3.29. The van der Waals surface area contributed by atoms with Crippen molar-refractivity contribution in [1.82, 2.24) is 4.57 Å². The molecular weight excluding hydrogens is 299 g/mol. The summed E-state index contributed by atoms with van der Waals surface area (Å²) in [6.07, 6.45) is 0. The van der Waals surface area contributed by atoms with Gasteiger partial charge in [0, 0.05) is 12.6 Å². The highest BCUT2D eigenvalue weighted by molar-refractivity contribution is 6.42. The van der Waals surface area contributed by atoms with E-state index in [1.165, 1.54) is 17.6 Å². The molecule has 6 heteroatoms. The third-order valence-corrected chi connectivity index (χ3v) is 3.75. The van der Waals surface area contributed by atoms with Crippen molar-refractivity contribution in [2.24, 2.45) is 7.05 Å². The van der Waals surface area contributed by atoms with E-state index in [-0.39, 0.29) is 16.8 Å². The lowest BCUT2D eigenvalue weighted by molar-refractivity contribution is 0.101. The van der Waals surface area contributed by atoms with E-state index in [0.29, 0.717) is 22.0 Å². The number of hydrogen-bond donors (Lipinski definition) is 1. The highest BCUT2D eigenvalue weighted by atomic mass is 35.5. The Labute approximate surface area is 126 Å². The monoisotopic (exact) mass is 310 g/mol. The fraction of sp³-hybridized carbons (Fsp3) is 0.143. The lowest BCUT2D eigenvalue weighted by Gasteiger charge is -2.09. The number of nitrogens with zero attached hydrogens (tertiary/aromatic N) is 1. The van der Waals surface area contributed by atoms with Crippen molar-refractivity contribution < 1.29 is 9.59 Å². The molecular formula is C14H12Cl2N2O2. The summed E-state index contributed by atoms with van der Waals surface area (Å²) in [6.45, 7) is 1.45. The summed E-state index contributed by atoms with van der Waals surface area (Å²) in [6, 6.07) is 8.29. The summed E-state index contributed by atoms with van der Waals surface area (Å²) in [4.78, 5) is 23.7. The van der Waals surface area contributed by atoms with Crippen LogP contribution in [-0.4, -0.2) is 16.3 Å². The molecule has 1 amide bonds. The molecule has 20 heavy (non-hydrogen) atoms. The minimum absolute atomic E-state index is 0.121. The van der Waals surface area contributed by atoms with Gasteiger partial charge in [-0.15, -0.1) is 0 Å². The zero-order valence-corrected chi connectivity index (χ0v) is 12.4. The maximum absolute atomic E-state index is 12.2. The number of halogens is 2. The first-order valence-electron chi connectivity index (χ1n) is 5.84. The van der Waals surface area contributed by atoms with E-state index in [0.717, 1.165) is 0 Å². The standard InChI is InChI=1S/C14H12Cl2N2O2/c1-8(19)9-5-3-4-6-11(9)17-14(20)12-7-10(15)13(16)18(12)2/h3-7H,1-2H3,(H,17,20). The summed E-state index contributed by atoms with van der Waals surface area (Å²) < 4.78 is 1.48. The molecule has 1 aromatic carbocycles. The first kappa shape index (κ1) is 14.6. The number of aromatic nitrogens is 1. The van der Waals surface area contributed by atoms with Gasteiger partial charge in [-0.2, -0.15) is 0 Å². The average Bonchev–Trinajstić information content (AvgIpc) is 2.67. The van der Waals surface area contributed by atoms with E-state index in [4.69, 9.17) is 23.2 Å². The van der Waals surface area contributed by atoms with Gasteiger partial charge in [-0.25, -0.2) is 0 Å². The third kappa shape index (κ3) is 2.71. The number of para-hydroxylation sites is 1. The Bertz CT molecular complexity index is 692. The molecule has 0 atom stereocenters. The molecule has 1 aromatic heterocycles. The lowest BCUT2D eigenvalue weighted by Crippen LogP contribution is -2.17. The normalized spacial score (nSPS) is 10.4. The summed E-state index contributed by atoms with van der Waals surface area (Å²) in [5.41, 5.74) is 1.23.